The van der Waals surface area contributed by atoms with Crippen LogP contribution < -0.4 is 9.62 Å². The highest BCUT2D eigenvalue weighted by atomic mass is 32.2. The fourth-order valence-corrected chi connectivity index (χ4v) is 6.22. The van der Waals surface area contributed by atoms with Crippen LogP contribution >= 0.6 is 0 Å². The van der Waals surface area contributed by atoms with Gasteiger partial charge in [-0.2, -0.15) is 0 Å². The first-order chi connectivity index (χ1) is 18.0. The van der Waals surface area contributed by atoms with Crippen molar-refractivity contribution >= 4 is 27.5 Å². The summed E-state index contributed by atoms with van der Waals surface area (Å²) in [6.45, 7) is 8.34. The molecule has 2 amide bonds. The molecule has 1 aliphatic rings. The molecule has 0 spiro atoms. The molecular formula is C30H43N3O4S. The van der Waals surface area contributed by atoms with Crippen molar-refractivity contribution < 1.29 is 18.0 Å². The van der Waals surface area contributed by atoms with Gasteiger partial charge in [0.15, 0.2) is 0 Å². The van der Waals surface area contributed by atoms with Crippen molar-refractivity contribution in [1.82, 2.24) is 10.2 Å². The standard InChI is InChI=1S/C30H43N3O4S/c1-6-28(30(35)31-26-10-7-8-11-26)32(21-25-15-13-22(2)14-16-25)29(34)12-9-17-33(38(5,36)37)27-19-23(3)18-24(4)20-27/h13-16,18-20,26,28H,6-12,17,21H2,1-5H3,(H,31,35). The van der Waals surface area contributed by atoms with Crippen molar-refractivity contribution in [2.75, 3.05) is 17.1 Å². The van der Waals surface area contributed by atoms with E-state index in [2.05, 4.69) is 5.32 Å². The highest BCUT2D eigenvalue weighted by Crippen LogP contribution is 2.23. The minimum atomic E-state index is -3.53. The quantitative estimate of drug-likeness (QED) is 0.409. The second-order valence-corrected chi connectivity index (χ2v) is 12.6. The maximum absolute atomic E-state index is 13.6. The lowest BCUT2D eigenvalue weighted by Gasteiger charge is -2.32. The number of amides is 2. The molecule has 1 atom stereocenters. The highest BCUT2D eigenvalue weighted by Gasteiger charge is 2.30. The van der Waals surface area contributed by atoms with E-state index >= 15 is 0 Å². The fraction of sp³-hybridized carbons (Fsp3) is 0.533. The number of hydrogen-bond donors (Lipinski definition) is 1. The molecule has 0 heterocycles. The molecular weight excluding hydrogens is 498 g/mol. The SMILES string of the molecule is CCC(C(=O)NC1CCCC1)N(Cc1ccc(C)cc1)C(=O)CCCN(c1cc(C)cc(C)c1)S(C)(=O)=O. The van der Waals surface area contributed by atoms with E-state index in [1.807, 2.05) is 70.2 Å². The van der Waals surface area contributed by atoms with Gasteiger partial charge >= 0.3 is 0 Å². The van der Waals surface area contributed by atoms with Crippen LogP contribution in [-0.2, 0) is 26.2 Å². The number of carbonyl (C=O) groups excluding carboxylic acids is 2. The Balaban J connectivity index is 1.76. The van der Waals surface area contributed by atoms with Crippen molar-refractivity contribution in [3.8, 4) is 0 Å². The van der Waals surface area contributed by atoms with Crippen molar-refractivity contribution in [3.63, 3.8) is 0 Å². The van der Waals surface area contributed by atoms with Crippen LogP contribution in [0.3, 0.4) is 0 Å². The topological polar surface area (TPSA) is 86.8 Å². The van der Waals surface area contributed by atoms with Crippen molar-refractivity contribution in [2.24, 2.45) is 0 Å². The van der Waals surface area contributed by atoms with Crippen molar-refractivity contribution in [2.45, 2.75) is 91.3 Å². The number of sulfonamides is 1. The lowest BCUT2D eigenvalue weighted by molar-refractivity contribution is -0.141. The molecule has 0 aliphatic heterocycles. The molecule has 2 aromatic carbocycles. The van der Waals surface area contributed by atoms with Crippen LogP contribution in [-0.4, -0.2) is 50.0 Å². The second kappa shape index (κ2) is 13.3. The van der Waals surface area contributed by atoms with Crippen molar-refractivity contribution in [3.05, 3.63) is 64.7 Å². The number of hydrogen-bond acceptors (Lipinski definition) is 4. The smallest absolute Gasteiger partial charge is 0.243 e. The van der Waals surface area contributed by atoms with Crippen LogP contribution in [0.5, 0.6) is 0 Å². The van der Waals surface area contributed by atoms with Crippen LogP contribution in [0.15, 0.2) is 42.5 Å². The van der Waals surface area contributed by atoms with Crippen LogP contribution in [0, 0.1) is 20.8 Å². The zero-order valence-corrected chi connectivity index (χ0v) is 24.3. The Labute approximate surface area is 228 Å². The Morgan fingerprint density at radius 1 is 0.974 bits per heavy atom. The van der Waals surface area contributed by atoms with E-state index in [0.717, 1.165) is 47.9 Å². The average molecular weight is 542 g/mol. The zero-order valence-electron chi connectivity index (χ0n) is 23.5. The monoisotopic (exact) mass is 541 g/mol. The molecule has 208 valence electrons. The Kier molecular flexibility index (Phi) is 10.4. The third-order valence-electron chi connectivity index (χ3n) is 7.21. The van der Waals surface area contributed by atoms with E-state index in [0.29, 0.717) is 25.1 Å². The summed E-state index contributed by atoms with van der Waals surface area (Å²) in [6, 6.07) is 13.3. The van der Waals surface area contributed by atoms with Crippen molar-refractivity contribution in [1.29, 1.82) is 0 Å². The van der Waals surface area contributed by atoms with Gasteiger partial charge in [-0.15, -0.1) is 0 Å². The summed E-state index contributed by atoms with van der Waals surface area (Å²) >= 11 is 0. The van der Waals surface area contributed by atoms with E-state index in [-0.39, 0.29) is 30.8 Å². The van der Waals surface area contributed by atoms with Gasteiger partial charge < -0.3 is 10.2 Å². The molecule has 3 rings (SSSR count). The fourth-order valence-electron chi connectivity index (χ4n) is 5.28. The number of nitrogens with zero attached hydrogens (tertiary/aromatic N) is 2. The maximum atomic E-state index is 13.6. The summed E-state index contributed by atoms with van der Waals surface area (Å²) in [6.07, 6.45) is 6.39. The maximum Gasteiger partial charge on any atom is 0.243 e. The number of rotatable bonds is 12. The largest absolute Gasteiger partial charge is 0.352 e. The normalized spacial score (nSPS) is 14.8. The predicted molar refractivity (Wildman–Crippen MR) is 154 cm³/mol. The number of benzene rings is 2. The second-order valence-electron chi connectivity index (χ2n) is 10.7. The number of nitrogens with one attached hydrogen (secondary N) is 1. The molecule has 0 aromatic heterocycles. The summed E-state index contributed by atoms with van der Waals surface area (Å²) in [4.78, 5) is 28.6. The molecule has 7 nitrogen and oxygen atoms in total. The first-order valence-electron chi connectivity index (χ1n) is 13.7. The van der Waals surface area contributed by atoms with Gasteiger partial charge in [0.25, 0.3) is 0 Å². The summed E-state index contributed by atoms with van der Waals surface area (Å²) in [5.41, 5.74) is 4.66. The first-order valence-corrected chi connectivity index (χ1v) is 15.5. The van der Waals surface area contributed by atoms with Crippen LogP contribution in [0.2, 0.25) is 0 Å². The molecule has 0 bridgehead atoms. The van der Waals surface area contributed by atoms with Gasteiger partial charge in [0.2, 0.25) is 21.8 Å². The average Bonchev–Trinajstić information content (AvgIpc) is 3.34. The number of anilines is 1. The van der Waals surface area contributed by atoms with Crippen LogP contribution in [0.25, 0.3) is 0 Å². The molecule has 38 heavy (non-hydrogen) atoms. The highest BCUT2D eigenvalue weighted by molar-refractivity contribution is 7.92. The molecule has 0 radical (unpaired) electrons. The third kappa shape index (κ3) is 8.32. The summed E-state index contributed by atoms with van der Waals surface area (Å²) in [5, 5.41) is 3.17. The minimum absolute atomic E-state index is 0.104. The Morgan fingerprint density at radius 3 is 2.13 bits per heavy atom. The first kappa shape index (κ1) is 29.7. The molecule has 1 fully saturated rings. The van der Waals surface area contributed by atoms with E-state index in [4.69, 9.17) is 0 Å². The Hall–Kier alpha value is -2.87. The van der Waals surface area contributed by atoms with Gasteiger partial charge in [0.1, 0.15) is 6.04 Å². The molecule has 0 saturated heterocycles. The van der Waals surface area contributed by atoms with Gasteiger partial charge in [-0.3, -0.25) is 13.9 Å². The molecule has 1 aliphatic carbocycles. The predicted octanol–water partition coefficient (Wildman–Crippen LogP) is 5.02. The number of carbonyl (C=O) groups is 2. The third-order valence-corrected chi connectivity index (χ3v) is 8.40. The zero-order chi connectivity index (χ0) is 27.9. The summed E-state index contributed by atoms with van der Waals surface area (Å²) in [7, 11) is -3.53. The molecule has 1 unspecified atom stereocenters. The lowest BCUT2D eigenvalue weighted by atomic mass is 10.1. The minimum Gasteiger partial charge on any atom is -0.352 e. The van der Waals surface area contributed by atoms with Gasteiger partial charge in [0.05, 0.1) is 11.9 Å². The van der Waals surface area contributed by atoms with Crippen LogP contribution in [0.1, 0.15) is 74.1 Å². The molecule has 8 heteroatoms. The van der Waals surface area contributed by atoms with E-state index < -0.39 is 16.1 Å². The van der Waals surface area contributed by atoms with Gasteiger partial charge in [-0.05, 0) is 75.3 Å². The number of aryl methyl sites for hydroxylation is 3. The van der Waals surface area contributed by atoms with Gasteiger partial charge in [-0.1, -0.05) is 55.7 Å². The lowest BCUT2D eigenvalue weighted by Crippen LogP contribution is -2.51. The van der Waals surface area contributed by atoms with E-state index in [1.54, 1.807) is 4.90 Å². The molecule has 2 aromatic rings. The summed E-state index contributed by atoms with van der Waals surface area (Å²) < 4.78 is 26.6. The molecule has 1 N–H and O–H groups in total. The summed E-state index contributed by atoms with van der Waals surface area (Å²) in [5.74, 6) is -0.249. The Morgan fingerprint density at radius 2 is 1.58 bits per heavy atom. The Bertz CT molecular complexity index is 1180. The van der Waals surface area contributed by atoms with Gasteiger partial charge in [0, 0.05) is 25.6 Å². The van der Waals surface area contributed by atoms with Crippen LogP contribution in [0.4, 0.5) is 5.69 Å². The van der Waals surface area contributed by atoms with Gasteiger partial charge in [-0.25, -0.2) is 8.42 Å². The van der Waals surface area contributed by atoms with E-state index in [9.17, 15) is 18.0 Å². The van der Waals surface area contributed by atoms with E-state index in [1.165, 1.54) is 10.6 Å². The molecule has 1 saturated carbocycles.